The third-order valence-electron chi connectivity index (χ3n) is 3.27. The van der Waals surface area contributed by atoms with E-state index in [-0.39, 0.29) is 5.69 Å². The van der Waals surface area contributed by atoms with E-state index in [1.165, 1.54) is 0 Å². The zero-order chi connectivity index (χ0) is 14.8. The number of fused-ring (bicyclic) bond motifs is 1. The summed E-state index contributed by atoms with van der Waals surface area (Å²) < 4.78 is 5.33. The molecule has 0 amide bonds. The second-order valence-corrected chi connectivity index (χ2v) is 4.79. The molecule has 0 spiro atoms. The smallest absolute Gasteiger partial charge is 0.354 e. The highest BCUT2D eigenvalue weighted by Crippen LogP contribution is 2.26. The van der Waals surface area contributed by atoms with Gasteiger partial charge >= 0.3 is 5.97 Å². The Kier molecular flexibility index (Phi) is 3.31. The van der Waals surface area contributed by atoms with Crippen LogP contribution in [-0.4, -0.2) is 23.1 Å². The molecule has 0 unspecified atom stereocenters. The molecule has 1 N–H and O–H groups in total. The Labute approximate surface area is 121 Å². The van der Waals surface area contributed by atoms with Gasteiger partial charge in [-0.2, -0.15) is 0 Å². The molecular weight excluding hydrogens is 268 g/mol. The number of pyridine rings is 1. The van der Waals surface area contributed by atoms with Gasteiger partial charge in [0.25, 0.3) is 0 Å². The van der Waals surface area contributed by atoms with Crippen LogP contribution >= 0.6 is 0 Å². The van der Waals surface area contributed by atoms with Crippen LogP contribution in [0.1, 0.15) is 16.2 Å². The van der Waals surface area contributed by atoms with E-state index >= 15 is 0 Å². The van der Waals surface area contributed by atoms with Crippen LogP contribution < -0.4 is 4.90 Å². The standard InChI is InChI=1S/C16H14N2O3/c1-18(10-12-6-4-8-21-12)15-13-7-3-2-5-11(13)9-14(17-15)16(19)20/h2-9H,10H2,1H3,(H,19,20). The average molecular weight is 282 g/mol. The molecule has 106 valence electrons. The first-order valence-corrected chi connectivity index (χ1v) is 6.52. The Balaban J connectivity index is 2.08. The van der Waals surface area contributed by atoms with Crippen molar-refractivity contribution in [1.82, 2.24) is 4.98 Å². The molecule has 0 fully saturated rings. The zero-order valence-electron chi connectivity index (χ0n) is 11.5. The molecular formula is C16H14N2O3. The molecule has 0 aliphatic heterocycles. The number of aromatic carboxylic acids is 1. The maximum absolute atomic E-state index is 11.2. The number of carbonyl (C=O) groups is 1. The maximum Gasteiger partial charge on any atom is 0.354 e. The highest BCUT2D eigenvalue weighted by molar-refractivity contribution is 5.97. The lowest BCUT2D eigenvalue weighted by Crippen LogP contribution is -2.19. The Morgan fingerprint density at radius 3 is 2.81 bits per heavy atom. The van der Waals surface area contributed by atoms with Crippen LogP contribution in [0.2, 0.25) is 0 Å². The van der Waals surface area contributed by atoms with Crippen molar-refractivity contribution in [2.24, 2.45) is 0 Å². The van der Waals surface area contributed by atoms with E-state index in [2.05, 4.69) is 4.98 Å². The van der Waals surface area contributed by atoms with Gasteiger partial charge in [-0.05, 0) is 23.6 Å². The minimum absolute atomic E-state index is 0.0370. The van der Waals surface area contributed by atoms with E-state index in [1.54, 1.807) is 12.3 Å². The molecule has 0 atom stereocenters. The molecule has 3 aromatic rings. The highest BCUT2D eigenvalue weighted by Gasteiger charge is 2.14. The van der Waals surface area contributed by atoms with Gasteiger partial charge in [0.15, 0.2) is 5.69 Å². The molecule has 21 heavy (non-hydrogen) atoms. The lowest BCUT2D eigenvalue weighted by atomic mass is 10.1. The van der Waals surface area contributed by atoms with Crippen molar-refractivity contribution in [2.75, 3.05) is 11.9 Å². The molecule has 2 heterocycles. The van der Waals surface area contributed by atoms with Crippen LogP contribution in [0.4, 0.5) is 5.82 Å². The Morgan fingerprint density at radius 2 is 2.10 bits per heavy atom. The van der Waals surface area contributed by atoms with Gasteiger partial charge in [-0.25, -0.2) is 9.78 Å². The fourth-order valence-electron chi connectivity index (χ4n) is 2.29. The van der Waals surface area contributed by atoms with Gasteiger partial charge in [0.2, 0.25) is 0 Å². The quantitative estimate of drug-likeness (QED) is 0.796. The molecule has 5 heteroatoms. The van der Waals surface area contributed by atoms with Crippen molar-refractivity contribution < 1.29 is 14.3 Å². The van der Waals surface area contributed by atoms with Crippen LogP contribution in [0.5, 0.6) is 0 Å². The molecule has 5 nitrogen and oxygen atoms in total. The van der Waals surface area contributed by atoms with Crippen molar-refractivity contribution in [2.45, 2.75) is 6.54 Å². The Morgan fingerprint density at radius 1 is 1.29 bits per heavy atom. The third kappa shape index (κ3) is 2.58. The summed E-state index contributed by atoms with van der Waals surface area (Å²) >= 11 is 0. The molecule has 0 saturated heterocycles. The lowest BCUT2D eigenvalue weighted by molar-refractivity contribution is 0.0691. The number of aromatic nitrogens is 1. The summed E-state index contributed by atoms with van der Waals surface area (Å²) in [7, 11) is 1.86. The fraction of sp³-hybridized carbons (Fsp3) is 0.125. The largest absolute Gasteiger partial charge is 0.477 e. The predicted octanol–water partition coefficient (Wildman–Crippen LogP) is 3.16. The molecule has 0 radical (unpaired) electrons. The molecule has 2 aromatic heterocycles. The number of hydrogen-bond donors (Lipinski definition) is 1. The van der Waals surface area contributed by atoms with Crippen LogP contribution in [-0.2, 0) is 6.54 Å². The Bertz CT molecular complexity index is 781. The van der Waals surface area contributed by atoms with E-state index in [1.807, 2.05) is 48.3 Å². The zero-order valence-corrected chi connectivity index (χ0v) is 11.5. The first-order valence-electron chi connectivity index (χ1n) is 6.52. The van der Waals surface area contributed by atoms with E-state index < -0.39 is 5.97 Å². The second kappa shape index (κ2) is 5.28. The first kappa shape index (κ1) is 13.2. The molecule has 0 saturated carbocycles. The van der Waals surface area contributed by atoms with Crippen LogP contribution in [0, 0.1) is 0 Å². The lowest BCUT2D eigenvalue weighted by Gasteiger charge is -2.19. The topological polar surface area (TPSA) is 66.6 Å². The third-order valence-corrected chi connectivity index (χ3v) is 3.27. The van der Waals surface area contributed by atoms with E-state index in [0.717, 1.165) is 16.5 Å². The summed E-state index contributed by atoms with van der Waals surface area (Å²) in [6.07, 6.45) is 1.61. The van der Waals surface area contributed by atoms with Gasteiger partial charge in [0.05, 0.1) is 12.8 Å². The minimum atomic E-state index is -1.03. The average Bonchev–Trinajstić information content (AvgIpc) is 2.98. The number of rotatable bonds is 4. The summed E-state index contributed by atoms with van der Waals surface area (Å²) in [6.45, 7) is 0.521. The van der Waals surface area contributed by atoms with Gasteiger partial charge in [0, 0.05) is 12.4 Å². The summed E-state index contributed by atoms with van der Waals surface area (Å²) in [5.41, 5.74) is 0.0370. The summed E-state index contributed by atoms with van der Waals surface area (Å²) in [4.78, 5) is 17.4. The normalized spacial score (nSPS) is 10.7. The van der Waals surface area contributed by atoms with Crippen molar-refractivity contribution >= 4 is 22.6 Å². The van der Waals surface area contributed by atoms with Gasteiger partial charge in [0.1, 0.15) is 11.6 Å². The van der Waals surface area contributed by atoms with E-state index in [9.17, 15) is 9.90 Å². The van der Waals surface area contributed by atoms with Crippen LogP contribution in [0.3, 0.4) is 0 Å². The van der Waals surface area contributed by atoms with Gasteiger partial charge in [-0.15, -0.1) is 0 Å². The van der Waals surface area contributed by atoms with Crippen molar-refractivity contribution in [3.63, 3.8) is 0 Å². The number of nitrogens with zero attached hydrogens (tertiary/aromatic N) is 2. The number of hydrogen-bond acceptors (Lipinski definition) is 4. The minimum Gasteiger partial charge on any atom is -0.477 e. The van der Waals surface area contributed by atoms with E-state index in [4.69, 9.17) is 4.42 Å². The second-order valence-electron chi connectivity index (χ2n) is 4.79. The van der Waals surface area contributed by atoms with Gasteiger partial charge in [-0.3, -0.25) is 0 Å². The van der Waals surface area contributed by atoms with E-state index in [0.29, 0.717) is 12.4 Å². The first-order chi connectivity index (χ1) is 10.1. The number of anilines is 1. The van der Waals surface area contributed by atoms with Crippen molar-refractivity contribution in [3.8, 4) is 0 Å². The molecule has 0 bridgehead atoms. The highest BCUT2D eigenvalue weighted by atomic mass is 16.4. The number of carboxylic acids is 1. The number of furan rings is 1. The summed E-state index contributed by atoms with van der Waals surface area (Å²) in [6, 6.07) is 12.9. The molecule has 0 aliphatic carbocycles. The molecule has 3 rings (SSSR count). The summed E-state index contributed by atoms with van der Waals surface area (Å²) in [5.74, 6) is 0.388. The SMILES string of the molecule is CN(Cc1ccco1)c1nc(C(=O)O)cc2ccccc12. The van der Waals surface area contributed by atoms with Gasteiger partial charge in [-0.1, -0.05) is 24.3 Å². The van der Waals surface area contributed by atoms with Crippen LogP contribution in [0.15, 0.2) is 53.1 Å². The van der Waals surface area contributed by atoms with Crippen molar-refractivity contribution in [3.05, 3.63) is 60.2 Å². The van der Waals surface area contributed by atoms with Gasteiger partial charge < -0.3 is 14.4 Å². The summed E-state index contributed by atoms with van der Waals surface area (Å²) in [5, 5.41) is 11.0. The maximum atomic E-state index is 11.2. The Hall–Kier alpha value is -2.82. The number of benzene rings is 1. The molecule has 0 aliphatic rings. The molecule has 1 aromatic carbocycles. The monoisotopic (exact) mass is 282 g/mol. The number of carboxylic acid groups (broad SMARTS) is 1. The predicted molar refractivity (Wildman–Crippen MR) is 79.5 cm³/mol. The van der Waals surface area contributed by atoms with Crippen molar-refractivity contribution in [1.29, 1.82) is 0 Å². The van der Waals surface area contributed by atoms with Crippen LogP contribution in [0.25, 0.3) is 10.8 Å². The fourth-order valence-corrected chi connectivity index (χ4v) is 2.29.